The number of nitroso groups, excluding NO2 is 1. The van der Waals surface area contributed by atoms with E-state index in [2.05, 4.69) is 10.1 Å². The Balaban J connectivity index is 1.55. The van der Waals surface area contributed by atoms with Crippen molar-refractivity contribution in [3.8, 4) is 11.5 Å². The molecule has 1 unspecified atom stereocenters. The minimum absolute atomic E-state index is 0.215. The van der Waals surface area contributed by atoms with E-state index in [0.717, 1.165) is 42.4 Å². The van der Waals surface area contributed by atoms with Gasteiger partial charge in [-0.3, -0.25) is 4.79 Å². The first-order chi connectivity index (χ1) is 16.1. The predicted molar refractivity (Wildman–Crippen MR) is 129 cm³/mol. The van der Waals surface area contributed by atoms with Crippen LogP contribution in [0.3, 0.4) is 0 Å². The van der Waals surface area contributed by atoms with Gasteiger partial charge >= 0.3 is 0 Å². The van der Waals surface area contributed by atoms with Gasteiger partial charge in [-0.1, -0.05) is 61.2 Å². The first kappa shape index (κ1) is 23.3. The SMILES string of the molecule is COc1ccc(C(N=O)c2cccc(CC(=O)N(C3CCCC3)C3CCCC3)c2)cc1OC. The summed E-state index contributed by atoms with van der Waals surface area (Å²) in [6, 6.07) is 13.2. The maximum atomic E-state index is 13.5. The molecule has 2 fully saturated rings. The molecule has 176 valence electrons. The number of carbonyl (C=O) groups excluding carboxylic acids is 1. The Labute approximate surface area is 196 Å². The van der Waals surface area contributed by atoms with Crippen LogP contribution in [0.4, 0.5) is 0 Å². The van der Waals surface area contributed by atoms with Crippen molar-refractivity contribution in [3.63, 3.8) is 0 Å². The Morgan fingerprint density at radius 2 is 1.52 bits per heavy atom. The summed E-state index contributed by atoms with van der Waals surface area (Å²) in [5.74, 6) is 1.37. The van der Waals surface area contributed by atoms with Gasteiger partial charge in [0.15, 0.2) is 11.5 Å². The molecule has 6 heteroatoms. The highest BCUT2D eigenvalue weighted by atomic mass is 16.5. The first-order valence-corrected chi connectivity index (χ1v) is 12.1. The van der Waals surface area contributed by atoms with E-state index in [4.69, 9.17) is 9.47 Å². The van der Waals surface area contributed by atoms with Crippen molar-refractivity contribution in [2.24, 2.45) is 5.18 Å². The Morgan fingerprint density at radius 1 is 0.909 bits per heavy atom. The second-order valence-electron chi connectivity index (χ2n) is 9.22. The van der Waals surface area contributed by atoms with Gasteiger partial charge in [0.2, 0.25) is 5.91 Å². The Bertz CT molecular complexity index is 948. The number of nitrogens with zero attached hydrogens (tertiary/aromatic N) is 2. The summed E-state index contributed by atoms with van der Waals surface area (Å²) in [4.78, 5) is 27.5. The van der Waals surface area contributed by atoms with E-state index in [1.807, 2.05) is 30.3 Å². The minimum Gasteiger partial charge on any atom is -0.493 e. The monoisotopic (exact) mass is 450 g/mol. The third-order valence-electron chi connectivity index (χ3n) is 7.18. The lowest BCUT2D eigenvalue weighted by atomic mass is 9.96. The Hall–Kier alpha value is -2.89. The maximum Gasteiger partial charge on any atom is 0.227 e. The van der Waals surface area contributed by atoms with E-state index < -0.39 is 6.04 Å². The van der Waals surface area contributed by atoms with Crippen LogP contribution in [0, 0.1) is 4.91 Å². The zero-order chi connectivity index (χ0) is 23.2. The molecule has 33 heavy (non-hydrogen) atoms. The fourth-order valence-corrected chi connectivity index (χ4v) is 5.55. The molecule has 0 aromatic heterocycles. The molecule has 0 heterocycles. The lowest BCUT2D eigenvalue weighted by molar-refractivity contribution is -0.135. The number of hydrogen-bond acceptors (Lipinski definition) is 5. The molecule has 6 nitrogen and oxygen atoms in total. The van der Waals surface area contributed by atoms with Crippen LogP contribution in [-0.4, -0.2) is 37.1 Å². The summed E-state index contributed by atoms with van der Waals surface area (Å²) in [5, 5.41) is 3.40. The van der Waals surface area contributed by atoms with Crippen molar-refractivity contribution in [1.82, 2.24) is 4.90 Å². The van der Waals surface area contributed by atoms with E-state index in [9.17, 15) is 9.70 Å². The summed E-state index contributed by atoms with van der Waals surface area (Å²) in [5.41, 5.74) is 2.42. The van der Waals surface area contributed by atoms with E-state index >= 15 is 0 Å². The van der Waals surface area contributed by atoms with Crippen LogP contribution >= 0.6 is 0 Å². The number of amides is 1. The number of carbonyl (C=O) groups is 1. The molecule has 4 rings (SSSR count). The number of methoxy groups -OCH3 is 2. The van der Waals surface area contributed by atoms with Crippen molar-refractivity contribution in [2.45, 2.75) is 75.9 Å². The van der Waals surface area contributed by atoms with Gasteiger partial charge in [0, 0.05) is 12.1 Å². The van der Waals surface area contributed by atoms with Gasteiger partial charge in [-0.15, -0.1) is 4.91 Å². The highest BCUT2D eigenvalue weighted by Crippen LogP contribution is 2.35. The average Bonchev–Trinajstić information content (AvgIpc) is 3.55. The standard InChI is InChI=1S/C27H34N2O4/c1-32-24-15-14-21(18-25(24)33-2)27(28-31)20-9-7-8-19(16-20)17-26(30)29(22-10-3-4-11-22)23-12-5-6-13-23/h7-9,14-16,18,22-23,27H,3-6,10-13,17H2,1-2H3. The fourth-order valence-electron chi connectivity index (χ4n) is 5.55. The number of rotatable bonds is 9. The van der Waals surface area contributed by atoms with Gasteiger partial charge in [0.25, 0.3) is 0 Å². The molecule has 2 aromatic carbocycles. The average molecular weight is 451 g/mol. The van der Waals surface area contributed by atoms with Crippen LogP contribution in [0.15, 0.2) is 47.6 Å². The molecule has 1 amide bonds. The summed E-state index contributed by atoms with van der Waals surface area (Å²) in [6.45, 7) is 0. The second-order valence-corrected chi connectivity index (χ2v) is 9.22. The normalized spacial score (nSPS) is 17.6. The highest BCUT2D eigenvalue weighted by molar-refractivity contribution is 5.79. The molecule has 2 aliphatic carbocycles. The quantitative estimate of drug-likeness (QED) is 0.452. The molecule has 2 aromatic rings. The highest BCUT2D eigenvalue weighted by Gasteiger charge is 2.33. The molecule has 0 N–H and O–H groups in total. The Kier molecular flexibility index (Phi) is 7.63. The lowest BCUT2D eigenvalue weighted by Crippen LogP contribution is -2.45. The van der Waals surface area contributed by atoms with Crippen LogP contribution in [-0.2, 0) is 11.2 Å². The summed E-state index contributed by atoms with van der Waals surface area (Å²) >= 11 is 0. The molecular formula is C27H34N2O4. The zero-order valence-electron chi connectivity index (χ0n) is 19.7. The van der Waals surface area contributed by atoms with Gasteiger partial charge < -0.3 is 14.4 Å². The molecule has 0 radical (unpaired) electrons. The van der Waals surface area contributed by atoms with E-state index in [0.29, 0.717) is 30.0 Å². The van der Waals surface area contributed by atoms with E-state index in [1.54, 1.807) is 26.4 Å². The summed E-state index contributed by atoms with van der Waals surface area (Å²) in [7, 11) is 3.14. The van der Waals surface area contributed by atoms with Crippen LogP contribution in [0.1, 0.15) is 74.1 Å². The van der Waals surface area contributed by atoms with Gasteiger partial charge in [0.1, 0.15) is 6.04 Å². The van der Waals surface area contributed by atoms with Crippen molar-refractivity contribution in [2.75, 3.05) is 14.2 Å². The topological polar surface area (TPSA) is 68.2 Å². The third-order valence-corrected chi connectivity index (χ3v) is 7.18. The van der Waals surface area contributed by atoms with Crippen molar-refractivity contribution in [3.05, 3.63) is 64.1 Å². The molecule has 2 aliphatic rings. The summed E-state index contributed by atoms with van der Waals surface area (Å²) in [6.07, 6.45) is 9.72. The van der Waals surface area contributed by atoms with E-state index in [-0.39, 0.29) is 5.91 Å². The summed E-state index contributed by atoms with van der Waals surface area (Å²) < 4.78 is 10.7. The smallest absolute Gasteiger partial charge is 0.227 e. The molecule has 0 spiro atoms. The third kappa shape index (κ3) is 5.21. The second kappa shape index (κ2) is 10.8. The molecule has 1 atom stereocenters. The predicted octanol–water partition coefficient (Wildman–Crippen LogP) is 5.82. The van der Waals surface area contributed by atoms with Gasteiger partial charge in [0.05, 0.1) is 20.6 Å². The molecule has 0 bridgehead atoms. The first-order valence-electron chi connectivity index (χ1n) is 12.1. The largest absolute Gasteiger partial charge is 0.493 e. The molecule has 0 aliphatic heterocycles. The van der Waals surface area contributed by atoms with Crippen LogP contribution < -0.4 is 9.47 Å². The van der Waals surface area contributed by atoms with Crippen molar-refractivity contribution < 1.29 is 14.3 Å². The van der Waals surface area contributed by atoms with Crippen LogP contribution in [0.5, 0.6) is 11.5 Å². The van der Waals surface area contributed by atoms with Crippen molar-refractivity contribution in [1.29, 1.82) is 0 Å². The van der Waals surface area contributed by atoms with Crippen LogP contribution in [0.2, 0.25) is 0 Å². The molecule has 0 saturated heterocycles. The van der Waals surface area contributed by atoms with Gasteiger partial charge in [-0.2, -0.15) is 0 Å². The number of hydrogen-bond donors (Lipinski definition) is 0. The van der Waals surface area contributed by atoms with Gasteiger partial charge in [-0.05, 0) is 54.5 Å². The fraction of sp³-hybridized carbons (Fsp3) is 0.519. The lowest BCUT2D eigenvalue weighted by Gasteiger charge is -2.35. The van der Waals surface area contributed by atoms with Crippen molar-refractivity contribution >= 4 is 5.91 Å². The van der Waals surface area contributed by atoms with Crippen LogP contribution in [0.25, 0.3) is 0 Å². The van der Waals surface area contributed by atoms with Gasteiger partial charge in [-0.25, -0.2) is 0 Å². The number of ether oxygens (including phenoxy) is 2. The van der Waals surface area contributed by atoms with E-state index in [1.165, 1.54) is 25.7 Å². The molecular weight excluding hydrogens is 416 g/mol. The zero-order valence-corrected chi connectivity index (χ0v) is 19.7. The number of benzene rings is 2. The minimum atomic E-state index is -0.680. The maximum absolute atomic E-state index is 13.5. The Morgan fingerprint density at radius 3 is 2.09 bits per heavy atom. The molecule has 2 saturated carbocycles.